The van der Waals surface area contributed by atoms with Crippen molar-refractivity contribution in [1.29, 1.82) is 0 Å². The van der Waals surface area contributed by atoms with Crippen LogP contribution in [0.25, 0.3) is 0 Å². The van der Waals surface area contributed by atoms with Crippen molar-refractivity contribution in [3.05, 3.63) is 17.5 Å². The maximum atomic E-state index is 11.4. The predicted molar refractivity (Wildman–Crippen MR) is 63.6 cm³/mol. The maximum absolute atomic E-state index is 11.4. The second-order valence-corrected chi connectivity index (χ2v) is 4.24. The van der Waals surface area contributed by atoms with E-state index in [9.17, 15) is 4.79 Å². The second kappa shape index (κ2) is 5.31. The number of hydrogen-bond donors (Lipinski definition) is 1. The van der Waals surface area contributed by atoms with Crippen molar-refractivity contribution in [3.63, 3.8) is 0 Å². The van der Waals surface area contributed by atoms with Crippen molar-refractivity contribution in [3.8, 4) is 0 Å². The van der Waals surface area contributed by atoms with Crippen LogP contribution in [-0.4, -0.2) is 29.4 Å². The molecular formula is C12H19N3O2. The van der Waals surface area contributed by atoms with Gasteiger partial charge in [0.15, 0.2) is 0 Å². The number of nitrogens with zero attached hydrogens (tertiary/aromatic N) is 2. The molecule has 2 rings (SSSR count). The minimum atomic E-state index is -0.218. The van der Waals surface area contributed by atoms with E-state index in [4.69, 9.17) is 4.74 Å². The normalized spacial score (nSPS) is 18.8. The van der Waals surface area contributed by atoms with Gasteiger partial charge in [-0.25, -0.2) is 0 Å². The van der Waals surface area contributed by atoms with Crippen LogP contribution in [-0.2, 0) is 22.5 Å². The van der Waals surface area contributed by atoms with E-state index in [1.807, 2.05) is 20.2 Å². The first kappa shape index (κ1) is 12.1. The lowest BCUT2D eigenvalue weighted by Crippen LogP contribution is -2.23. The zero-order valence-corrected chi connectivity index (χ0v) is 10.4. The van der Waals surface area contributed by atoms with Gasteiger partial charge in [0.25, 0.3) is 0 Å². The molecule has 1 aromatic heterocycles. The number of rotatable bonds is 4. The Bertz CT molecular complexity index is 400. The summed E-state index contributed by atoms with van der Waals surface area (Å²) < 4.78 is 6.72. The third-order valence-electron chi connectivity index (χ3n) is 3.20. The van der Waals surface area contributed by atoms with E-state index >= 15 is 0 Å². The molecule has 5 heteroatoms. The van der Waals surface area contributed by atoms with Crippen molar-refractivity contribution in [2.75, 3.05) is 13.7 Å². The summed E-state index contributed by atoms with van der Waals surface area (Å²) in [5.74, 6) is -0.218. The predicted octanol–water partition coefficient (Wildman–Crippen LogP) is 1.04. The van der Waals surface area contributed by atoms with Gasteiger partial charge >= 0.3 is 5.97 Å². The number of ether oxygens (including phenoxy) is 1. The molecule has 1 N–H and O–H groups in total. The SMILES string of the molecule is CCOC(=O)Cn1ncc2c1CCC[C@H]2NC. The Morgan fingerprint density at radius 3 is 3.24 bits per heavy atom. The summed E-state index contributed by atoms with van der Waals surface area (Å²) in [6.07, 6.45) is 5.13. The van der Waals surface area contributed by atoms with E-state index in [1.165, 1.54) is 11.3 Å². The fourth-order valence-electron chi connectivity index (χ4n) is 2.38. The molecule has 1 aromatic rings. The minimum absolute atomic E-state index is 0.218. The van der Waals surface area contributed by atoms with E-state index in [0.29, 0.717) is 12.6 Å². The first-order valence-corrected chi connectivity index (χ1v) is 6.13. The molecular weight excluding hydrogens is 218 g/mol. The number of hydrogen-bond acceptors (Lipinski definition) is 4. The van der Waals surface area contributed by atoms with E-state index in [0.717, 1.165) is 19.3 Å². The maximum Gasteiger partial charge on any atom is 0.327 e. The summed E-state index contributed by atoms with van der Waals surface area (Å²) >= 11 is 0. The van der Waals surface area contributed by atoms with Gasteiger partial charge in [-0.05, 0) is 33.2 Å². The standard InChI is InChI=1S/C12H19N3O2/c1-3-17-12(16)8-15-11-6-4-5-10(13-2)9(11)7-14-15/h7,10,13H,3-6,8H2,1-2H3/t10-/m1/s1. The van der Waals surface area contributed by atoms with Crippen LogP contribution in [0.1, 0.15) is 37.1 Å². The lowest BCUT2D eigenvalue weighted by Gasteiger charge is -2.22. The van der Waals surface area contributed by atoms with Crippen molar-refractivity contribution < 1.29 is 9.53 Å². The lowest BCUT2D eigenvalue weighted by atomic mass is 9.93. The molecule has 0 aliphatic heterocycles. The number of aromatic nitrogens is 2. The third-order valence-corrected chi connectivity index (χ3v) is 3.20. The molecule has 0 bridgehead atoms. The Balaban J connectivity index is 2.15. The molecule has 1 heterocycles. The van der Waals surface area contributed by atoms with Gasteiger partial charge in [-0.1, -0.05) is 0 Å². The van der Waals surface area contributed by atoms with Gasteiger partial charge in [0, 0.05) is 17.3 Å². The van der Waals surface area contributed by atoms with E-state index < -0.39 is 0 Å². The summed E-state index contributed by atoms with van der Waals surface area (Å²) in [5.41, 5.74) is 2.40. The Hall–Kier alpha value is -1.36. The number of carbonyl (C=O) groups is 1. The Labute approximate surface area is 101 Å². The number of esters is 1. The Morgan fingerprint density at radius 2 is 2.53 bits per heavy atom. The highest BCUT2D eigenvalue weighted by Crippen LogP contribution is 2.29. The van der Waals surface area contributed by atoms with Crippen LogP contribution in [0.2, 0.25) is 0 Å². The molecule has 0 amide bonds. The summed E-state index contributed by atoms with van der Waals surface area (Å²) in [7, 11) is 1.96. The van der Waals surface area contributed by atoms with Crippen molar-refractivity contribution in [1.82, 2.24) is 15.1 Å². The topological polar surface area (TPSA) is 56.2 Å². The smallest absolute Gasteiger partial charge is 0.327 e. The quantitative estimate of drug-likeness (QED) is 0.795. The molecule has 94 valence electrons. The van der Waals surface area contributed by atoms with Gasteiger partial charge in [0.1, 0.15) is 6.54 Å². The van der Waals surface area contributed by atoms with E-state index in [1.54, 1.807) is 4.68 Å². The zero-order valence-electron chi connectivity index (χ0n) is 10.4. The lowest BCUT2D eigenvalue weighted by molar-refractivity contribution is -0.144. The number of fused-ring (bicyclic) bond motifs is 1. The van der Waals surface area contributed by atoms with Crippen LogP contribution in [0, 0.1) is 0 Å². The molecule has 0 radical (unpaired) electrons. The van der Waals surface area contributed by atoms with Gasteiger partial charge in [-0.15, -0.1) is 0 Å². The van der Waals surface area contributed by atoms with Crippen LogP contribution in [0.3, 0.4) is 0 Å². The molecule has 5 nitrogen and oxygen atoms in total. The highest BCUT2D eigenvalue weighted by Gasteiger charge is 2.23. The van der Waals surface area contributed by atoms with E-state index in [2.05, 4.69) is 10.4 Å². The number of nitrogens with one attached hydrogen (secondary N) is 1. The van der Waals surface area contributed by atoms with Gasteiger partial charge in [-0.2, -0.15) is 5.10 Å². The highest BCUT2D eigenvalue weighted by atomic mass is 16.5. The molecule has 0 spiro atoms. The van der Waals surface area contributed by atoms with Gasteiger partial charge in [0.05, 0.1) is 12.8 Å². The molecule has 1 aliphatic rings. The van der Waals surface area contributed by atoms with Crippen molar-refractivity contribution in [2.45, 2.75) is 38.8 Å². The molecule has 0 saturated carbocycles. The van der Waals surface area contributed by atoms with Crippen LogP contribution in [0.4, 0.5) is 0 Å². The Morgan fingerprint density at radius 1 is 1.71 bits per heavy atom. The largest absolute Gasteiger partial charge is 0.465 e. The monoisotopic (exact) mass is 237 g/mol. The molecule has 0 unspecified atom stereocenters. The fraction of sp³-hybridized carbons (Fsp3) is 0.667. The first-order chi connectivity index (χ1) is 8.26. The summed E-state index contributed by atoms with van der Waals surface area (Å²) in [4.78, 5) is 11.4. The molecule has 1 aliphatic carbocycles. The second-order valence-electron chi connectivity index (χ2n) is 4.24. The Kier molecular flexibility index (Phi) is 3.78. The average Bonchev–Trinajstić information content (AvgIpc) is 2.73. The summed E-state index contributed by atoms with van der Waals surface area (Å²) in [5, 5.41) is 7.58. The van der Waals surface area contributed by atoms with E-state index in [-0.39, 0.29) is 12.5 Å². The third kappa shape index (κ3) is 2.49. The zero-order chi connectivity index (χ0) is 12.3. The van der Waals surface area contributed by atoms with Crippen LogP contribution < -0.4 is 5.32 Å². The van der Waals surface area contributed by atoms with Crippen LogP contribution in [0.5, 0.6) is 0 Å². The average molecular weight is 237 g/mol. The summed E-state index contributed by atoms with van der Waals surface area (Å²) in [6.45, 7) is 2.45. The van der Waals surface area contributed by atoms with Crippen molar-refractivity contribution in [2.24, 2.45) is 0 Å². The van der Waals surface area contributed by atoms with Gasteiger partial charge < -0.3 is 10.1 Å². The number of carbonyl (C=O) groups excluding carboxylic acids is 1. The van der Waals surface area contributed by atoms with Gasteiger partial charge in [0.2, 0.25) is 0 Å². The molecule has 0 aromatic carbocycles. The van der Waals surface area contributed by atoms with Gasteiger partial charge in [-0.3, -0.25) is 9.48 Å². The van der Waals surface area contributed by atoms with Crippen LogP contribution >= 0.6 is 0 Å². The summed E-state index contributed by atoms with van der Waals surface area (Å²) in [6, 6.07) is 0.370. The first-order valence-electron chi connectivity index (χ1n) is 6.13. The van der Waals surface area contributed by atoms with Crippen LogP contribution in [0.15, 0.2) is 6.20 Å². The molecule has 17 heavy (non-hydrogen) atoms. The minimum Gasteiger partial charge on any atom is -0.465 e. The molecule has 1 atom stereocenters. The highest BCUT2D eigenvalue weighted by molar-refractivity contribution is 5.69. The molecule has 0 saturated heterocycles. The fourth-order valence-corrected chi connectivity index (χ4v) is 2.38. The molecule has 0 fully saturated rings. The van der Waals surface area contributed by atoms with Crippen molar-refractivity contribution >= 4 is 5.97 Å².